The van der Waals surface area contributed by atoms with Gasteiger partial charge in [-0.3, -0.25) is 9.69 Å². The summed E-state index contributed by atoms with van der Waals surface area (Å²) in [4.78, 5) is 14.9. The molecule has 1 spiro atoms. The van der Waals surface area contributed by atoms with E-state index in [9.17, 15) is 13.6 Å². The van der Waals surface area contributed by atoms with E-state index in [1.807, 2.05) is 0 Å². The molecule has 0 radical (unpaired) electrons. The fourth-order valence-electron chi connectivity index (χ4n) is 2.76. The van der Waals surface area contributed by atoms with E-state index < -0.39 is 6.43 Å². The first-order chi connectivity index (χ1) is 7.01. The number of hydrogen-bond donors (Lipinski definition) is 0. The third kappa shape index (κ3) is 2.12. The van der Waals surface area contributed by atoms with Crippen LogP contribution < -0.4 is 0 Å². The number of carbonyl (C=O) groups is 1. The highest BCUT2D eigenvalue weighted by molar-refractivity contribution is 5.79. The van der Waals surface area contributed by atoms with Crippen molar-refractivity contribution in [2.24, 2.45) is 5.41 Å². The molecule has 2 aliphatic heterocycles. The third-order valence-electron chi connectivity index (χ3n) is 3.44. The molecule has 0 saturated carbocycles. The molecule has 2 aliphatic rings. The van der Waals surface area contributed by atoms with Crippen molar-refractivity contribution >= 4 is 5.91 Å². The molecule has 3 nitrogen and oxygen atoms in total. The molecule has 86 valence electrons. The lowest BCUT2D eigenvalue weighted by Gasteiger charge is -2.22. The summed E-state index contributed by atoms with van der Waals surface area (Å²) in [7, 11) is 1.78. The van der Waals surface area contributed by atoms with Crippen molar-refractivity contribution in [1.29, 1.82) is 0 Å². The summed E-state index contributed by atoms with van der Waals surface area (Å²) in [5.74, 6) is 0.147. The Labute approximate surface area is 88.0 Å². The molecule has 2 heterocycles. The summed E-state index contributed by atoms with van der Waals surface area (Å²) in [6, 6.07) is 0. The van der Waals surface area contributed by atoms with Crippen LogP contribution in [0.1, 0.15) is 12.8 Å². The Bertz CT molecular complexity index is 272. The van der Waals surface area contributed by atoms with Gasteiger partial charge in [-0.1, -0.05) is 0 Å². The molecule has 0 N–H and O–H groups in total. The summed E-state index contributed by atoms with van der Waals surface area (Å²) < 4.78 is 24.4. The van der Waals surface area contributed by atoms with Gasteiger partial charge in [0.1, 0.15) is 0 Å². The van der Waals surface area contributed by atoms with Crippen molar-refractivity contribution in [2.75, 3.05) is 33.2 Å². The number of hydrogen-bond acceptors (Lipinski definition) is 2. The number of likely N-dealkylation sites (tertiary alicyclic amines) is 2. The zero-order valence-electron chi connectivity index (χ0n) is 8.88. The summed E-state index contributed by atoms with van der Waals surface area (Å²) in [6.45, 7) is 1.92. The molecule has 0 aromatic heterocycles. The second-order valence-corrected chi connectivity index (χ2v) is 4.80. The van der Waals surface area contributed by atoms with E-state index in [0.717, 1.165) is 13.0 Å². The van der Waals surface area contributed by atoms with Crippen LogP contribution in [-0.2, 0) is 4.79 Å². The van der Waals surface area contributed by atoms with E-state index in [1.54, 1.807) is 16.8 Å². The maximum atomic E-state index is 12.2. The monoisotopic (exact) mass is 218 g/mol. The van der Waals surface area contributed by atoms with Crippen LogP contribution >= 0.6 is 0 Å². The van der Waals surface area contributed by atoms with Gasteiger partial charge in [-0.15, -0.1) is 0 Å². The fourth-order valence-corrected chi connectivity index (χ4v) is 2.76. The Balaban J connectivity index is 1.95. The first kappa shape index (κ1) is 10.8. The van der Waals surface area contributed by atoms with Gasteiger partial charge in [0.2, 0.25) is 5.91 Å². The molecular formula is C10H16F2N2O. The van der Waals surface area contributed by atoms with Gasteiger partial charge in [0.15, 0.2) is 0 Å². The van der Waals surface area contributed by atoms with E-state index in [-0.39, 0.29) is 17.9 Å². The molecule has 1 amide bonds. The first-order valence-corrected chi connectivity index (χ1v) is 5.25. The predicted octanol–water partition coefficient (Wildman–Crippen LogP) is 0.806. The van der Waals surface area contributed by atoms with Crippen LogP contribution in [0, 0.1) is 5.41 Å². The average molecular weight is 218 g/mol. The van der Waals surface area contributed by atoms with Crippen LogP contribution in [0.4, 0.5) is 8.78 Å². The standard InChI is InChI=1S/C10H16F2N2O/c1-13-6-10(4-9(13)15)2-3-14(7-10)5-8(11)12/h8H,2-7H2,1H3. The van der Waals surface area contributed by atoms with E-state index in [1.165, 1.54) is 0 Å². The number of carbonyl (C=O) groups excluding carboxylic acids is 1. The number of nitrogens with zero attached hydrogens (tertiary/aromatic N) is 2. The van der Waals surface area contributed by atoms with Crippen molar-refractivity contribution in [1.82, 2.24) is 9.80 Å². The van der Waals surface area contributed by atoms with Gasteiger partial charge < -0.3 is 4.90 Å². The largest absolute Gasteiger partial charge is 0.345 e. The minimum absolute atomic E-state index is 0.0409. The minimum atomic E-state index is -2.27. The Kier molecular flexibility index (Phi) is 2.66. The second-order valence-electron chi connectivity index (χ2n) is 4.80. The normalized spacial score (nSPS) is 32.5. The van der Waals surface area contributed by atoms with E-state index in [0.29, 0.717) is 19.5 Å². The summed E-state index contributed by atoms with van der Waals surface area (Å²) >= 11 is 0. The lowest BCUT2D eigenvalue weighted by Crippen LogP contribution is -2.32. The van der Waals surface area contributed by atoms with Gasteiger partial charge in [-0.25, -0.2) is 8.78 Å². The highest BCUT2D eigenvalue weighted by Gasteiger charge is 2.46. The average Bonchev–Trinajstić information content (AvgIpc) is 2.58. The molecule has 5 heteroatoms. The Hall–Kier alpha value is -0.710. The molecule has 0 aromatic carbocycles. The van der Waals surface area contributed by atoms with Gasteiger partial charge in [-0.05, 0) is 13.0 Å². The molecule has 0 aliphatic carbocycles. The van der Waals surface area contributed by atoms with Crippen LogP contribution in [0.2, 0.25) is 0 Å². The Morgan fingerprint density at radius 1 is 1.47 bits per heavy atom. The fraction of sp³-hybridized carbons (Fsp3) is 0.900. The van der Waals surface area contributed by atoms with E-state index >= 15 is 0 Å². The number of amides is 1. The third-order valence-corrected chi connectivity index (χ3v) is 3.44. The van der Waals surface area contributed by atoms with Crippen LogP contribution in [0.25, 0.3) is 0 Å². The first-order valence-electron chi connectivity index (χ1n) is 5.25. The maximum Gasteiger partial charge on any atom is 0.251 e. The van der Waals surface area contributed by atoms with Crippen molar-refractivity contribution in [3.8, 4) is 0 Å². The van der Waals surface area contributed by atoms with Gasteiger partial charge in [0.25, 0.3) is 6.43 Å². The van der Waals surface area contributed by atoms with Crippen molar-refractivity contribution in [3.63, 3.8) is 0 Å². The van der Waals surface area contributed by atoms with Crippen LogP contribution in [-0.4, -0.2) is 55.4 Å². The highest BCUT2D eigenvalue weighted by Crippen LogP contribution is 2.39. The van der Waals surface area contributed by atoms with Crippen molar-refractivity contribution in [3.05, 3.63) is 0 Å². The quantitative estimate of drug-likeness (QED) is 0.684. The molecule has 1 unspecified atom stereocenters. The van der Waals surface area contributed by atoms with Gasteiger partial charge >= 0.3 is 0 Å². The molecule has 0 aromatic rings. The topological polar surface area (TPSA) is 23.6 Å². The summed E-state index contributed by atoms with van der Waals surface area (Å²) in [5, 5.41) is 0. The van der Waals surface area contributed by atoms with Crippen molar-refractivity contribution in [2.45, 2.75) is 19.3 Å². The van der Waals surface area contributed by atoms with Crippen molar-refractivity contribution < 1.29 is 13.6 Å². The molecule has 15 heavy (non-hydrogen) atoms. The Morgan fingerprint density at radius 2 is 2.20 bits per heavy atom. The highest BCUT2D eigenvalue weighted by atomic mass is 19.3. The molecule has 0 bridgehead atoms. The predicted molar refractivity (Wildman–Crippen MR) is 51.7 cm³/mol. The maximum absolute atomic E-state index is 12.2. The molecule has 2 fully saturated rings. The lowest BCUT2D eigenvalue weighted by molar-refractivity contribution is -0.126. The number of halogens is 2. The van der Waals surface area contributed by atoms with Gasteiger partial charge in [0, 0.05) is 32.0 Å². The molecule has 2 rings (SSSR count). The zero-order valence-corrected chi connectivity index (χ0v) is 8.88. The van der Waals surface area contributed by atoms with Crippen LogP contribution in [0.15, 0.2) is 0 Å². The van der Waals surface area contributed by atoms with Crippen LogP contribution in [0.5, 0.6) is 0 Å². The SMILES string of the molecule is CN1CC2(CCN(CC(F)F)C2)CC1=O. The van der Waals surface area contributed by atoms with Gasteiger partial charge in [-0.2, -0.15) is 0 Å². The Morgan fingerprint density at radius 3 is 2.73 bits per heavy atom. The number of rotatable bonds is 2. The smallest absolute Gasteiger partial charge is 0.251 e. The summed E-state index contributed by atoms with van der Waals surface area (Å²) in [5.41, 5.74) is -0.0409. The van der Waals surface area contributed by atoms with Crippen LogP contribution in [0.3, 0.4) is 0 Å². The summed E-state index contributed by atoms with van der Waals surface area (Å²) in [6.07, 6.45) is -0.867. The van der Waals surface area contributed by atoms with E-state index in [2.05, 4.69) is 0 Å². The second kappa shape index (κ2) is 3.70. The van der Waals surface area contributed by atoms with E-state index in [4.69, 9.17) is 0 Å². The zero-order chi connectivity index (χ0) is 11.1. The number of alkyl halides is 2. The minimum Gasteiger partial charge on any atom is -0.345 e. The molecule has 1 atom stereocenters. The lowest BCUT2D eigenvalue weighted by atomic mass is 9.86. The van der Waals surface area contributed by atoms with Gasteiger partial charge in [0.05, 0.1) is 6.54 Å². The molecule has 2 saturated heterocycles. The molecular weight excluding hydrogens is 202 g/mol.